The second kappa shape index (κ2) is 6.25. The number of carbonyl (C=O) groups excluding carboxylic acids is 3. The van der Waals surface area contributed by atoms with E-state index in [1.165, 1.54) is 10.5 Å². The Morgan fingerprint density at radius 1 is 1.22 bits per heavy atom. The molecule has 0 saturated carbocycles. The van der Waals surface area contributed by atoms with Crippen LogP contribution in [-0.4, -0.2) is 60.1 Å². The third kappa shape index (κ3) is 3.05. The van der Waals surface area contributed by atoms with Gasteiger partial charge < -0.3 is 14.5 Å². The van der Waals surface area contributed by atoms with E-state index in [0.29, 0.717) is 24.2 Å². The zero-order chi connectivity index (χ0) is 20.1. The predicted octanol–water partition coefficient (Wildman–Crippen LogP) is 2.81. The van der Waals surface area contributed by atoms with Gasteiger partial charge in [-0.1, -0.05) is 12.1 Å². The summed E-state index contributed by atoms with van der Waals surface area (Å²) in [6.45, 7) is 5.11. The van der Waals surface area contributed by atoms with Crippen LogP contribution in [-0.2, 0) is 22.4 Å². The number of likely N-dealkylation sites (N-methyl/N-ethyl adjacent to an activating group) is 1. The van der Waals surface area contributed by atoms with Gasteiger partial charge >= 0.3 is 12.1 Å². The quantitative estimate of drug-likeness (QED) is 0.708. The lowest BCUT2D eigenvalue weighted by atomic mass is 9.76. The van der Waals surface area contributed by atoms with Crippen molar-refractivity contribution in [1.82, 2.24) is 9.80 Å². The van der Waals surface area contributed by atoms with Gasteiger partial charge in [0, 0.05) is 33.3 Å². The fourth-order valence-corrected chi connectivity index (χ4v) is 3.94. The van der Waals surface area contributed by atoms with Crippen molar-refractivity contribution in [3.05, 3.63) is 29.3 Å². The summed E-state index contributed by atoms with van der Waals surface area (Å²) < 4.78 is 5.28. The first-order valence-corrected chi connectivity index (χ1v) is 9.11. The zero-order valence-corrected chi connectivity index (χ0v) is 16.8. The highest BCUT2D eigenvalue weighted by atomic mass is 16.6. The molecule has 1 aromatic rings. The summed E-state index contributed by atoms with van der Waals surface area (Å²) in [4.78, 5) is 42.5. The van der Waals surface area contributed by atoms with Gasteiger partial charge in [-0.15, -0.1) is 0 Å². The summed E-state index contributed by atoms with van der Waals surface area (Å²) >= 11 is 0. The van der Waals surface area contributed by atoms with Crippen LogP contribution in [0.25, 0.3) is 0 Å². The molecule has 7 nitrogen and oxygen atoms in total. The maximum Gasteiger partial charge on any atom is 0.425 e. The minimum absolute atomic E-state index is 0.393. The van der Waals surface area contributed by atoms with Crippen molar-refractivity contribution in [3.8, 4) is 0 Å². The first kappa shape index (κ1) is 19.2. The standard InChI is InChI=1S/C20H27N3O4/c1-19(2,3)27-18(26)23-16(24)20(22(6)17(23)25)11-10-14-13(12-20)8-7-9-15(14)21(4)5/h7-9H,10-12H2,1-6H3. The van der Waals surface area contributed by atoms with E-state index in [4.69, 9.17) is 4.74 Å². The second-order valence-corrected chi connectivity index (χ2v) is 8.48. The molecule has 1 atom stereocenters. The Balaban J connectivity index is 1.96. The fraction of sp³-hybridized carbons (Fsp3) is 0.550. The van der Waals surface area contributed by atoms with Crippen molar-refractivity contribution in [2.24, 2.45) is 0 Å². The molecule has 0 aromatic heterocycles. The van der Waals surface area contributed by atoms with Gasteiger partial charge in [0.25, 0.3) is 5.91 Å². The number of benzene rings is 1. The molecule has 1 aliphatic carbocycles. The number of hydrogen-bond acceptors (Lipinski definition) is 5. The number of imide groups is 3. The average Bonchev–Trinajstić information content (AvgIpc) is 2.74. The first-order chi connectivity index (χ1) is 12.5. The van der Waals surface area contributed by atoms with Crippen LogP contribution in [0, 0.1) is 0 Å². The van der Waals surface area contributed by atoms with Gasteiger partial charge in [-0.3, -0.25) is 4.79 Å². The van der Waals surface area contributed by atoms with Crippen molar-refractivity contribution in [3.63, 3.8) is 0 Å². The fourth-order valence-electron chi connectivity index (χ4n) is 3.94. The van der Waals surface area contributed by atoms with E-state index in [-0.39, 0.29) is 0 Å². The number of amides is 4. The molecule has 146 valence electrons. The lowest BCUT2D eigenvalue weighted by molar-refractivity contribution is -0.133. The number of nitrogens with zero attached hydrogens (tertiary/aromatic N) is 3. The number of rotatable bonds is 1. The Kier molecular flexibility index (Phi) is 4.44. The monoisotopic (exact) mass is 373 g/mol. The summed E-state index contributed by atoms with van der Waals surface area (Å²) in [6, 6.07) is 5.38. The van der Waals surface area contributed by atoms with Crippen molar-refractivity contribution < 1.29 is 19.1 Å². The molecule has 1 unspecified atom stereocenters. The van der Waals surface area contributed by atoms with E-state index in [9.17, 15) is 14.4 Å². The Morgan fingerprint density at radius 2 is 1.89 bits per heavy atom. The second-order valence-electron chi connectivity index (χ2n) is 8.48. The van der Waals surface area contributed by atoms with Gasteiger partial charge in [-0.05, 0) is 50.8 Å². The molecule has 0 bridgehead atoms. The van der Waals surface area contributed by atoms with Crippen LogP contribution < -0.4 is 4.90 Å². The van der Waals surface area contributed by atoms with Gasteiger partial charge in [0.15, 0.2) is 0 Å². The molecule has 3 rings (SSSR count). The topological polar surface area (TPSA) is 70.2 Å². The van der Waals surface area contributed by atoms with Crippen LogP contribution in [0.5, 0.6) is 0 Å². The van der Waals surface area contributed by atoms with E-state index in [1.54, 1.807) is 27.8 Å². The van der Waals surface area contributed by atoms with Gasteiger partial charge in [0.05, 0.1) is 0 Å². The van der Waals surface area contributed by atoms with Crippen LogP contribution in [0.1, 0.15) is 38.3 Å². The Labute approximate surface area is 159 Å². The van der Waals surface area contributed by atoms with Gasteiger partial charge in [0.1, 0.15) is 11.1 Å². The van der Waals surface area contributed by atoms with Crippen molar-refractivity contribution in [2.45, 2.75) is 51.2 Å². The lowest BCUT2D eigenvalue weighted by Gasteiger charge is -2.38. The number of anilines is 1. The van der Waals surface area contributed by atoms with E-state index in [2.05, 4.69) is 11.0 Å². The molecule has 4 amide bonds. The molecular formula is C20H27N3O4. The van der Waals surface area contributed by atoms with Gasteiger partial charge in [-0.2, -0.15) is 4.90 Å². The maximum absolute atomic E-state index is 13.2. The third-order valence-electron chi connectivity index (χ3n) is 5.30. The molecule has 1 aliphatic heterocycles. The summed E-state index contributed by atoms with van der Waals surface area (Å²) in [6.07, 6.45) is 0.624. The van der Waals surface area contributed by atoms with E-state index in [0.717, 1.165) is 11.3 Å². The Morgan fingerprint density at radius 3 is 2.48 bits per heavy atom. The summed E-state index contributed by atoms with van der Waals surface area (Å²) in [5, 5.41) is 0. The summed E-state index contributed by atoms with van der Waals surface area (Å²) in [7, 11) is 5.56. The number of fused-ring (bicyclic) bond motifs is 1. The lowest BCUT2D eigenvalue weighted by Crippen LogP contribution is -2.52. The number of ether oxygens (including phenoxy) is 1. The first-order valence-electron chi connectivity index (χ1n) is 9.11. The van der Waals surface area contributed by atoms with Gasteiger partial charge in [0.2, 0.25) is 0 Å². The molecule has 7 heteroatoms. The Bertz CT molecular complexity index is 812. The SMILES string of the molecule is CN(C)c1cccc2c1CCC1(C2)C(=O)N(C(=O)OC(C)(C)C)C(=O)N1C. The van der Waals surface area contributed by atoms with Crippen LogP contribution >= 0.6 is 0 Å². The largest absolute Gasteiger partial charge is 0.443 e. The third-order valence-corrected chi connectivity index (χ3v) is 5.30. The molecule has 1 fully saturated rings. The smallest absolute Gasteiger partial charge is 0.425 e. The molecule has 1 spiro atoms. The number of hydrogen-bond donors (Lipinski definition) is 0. The molecule has 1 aromatic carbocycles. The Hall–Kier alpha value is -2.57. The highest BCUT2D eigenvalue weighted by Gasteiger charge is 2.59. The van der Waals surface area contributed by atoms with E-state index < -0.39 is 29.2 Å². The molecule has 0 radical (unpaired) electrons. The molecule has 27 heavy (non-hydrogen) atoms. The van der Waals surface area contributed by atoms with Crippen LogP contribution in [0.2, 0.25) is 0 Å². The van der Waals surface area contributed by atoms with Crippen molar-refractivity contribution in [1.29, 1.82) is 0 Å². The minimum Gasteiger partial charge on any atom is -0.443 e. The molecule has 1 heterocycles. The van der Waals surface area contributed by atoms with Crippen LogP contribution in [0.15, 0.2) is 18.2 Å². The van der Waals surface area contributed by atoms with Crippen LogP contribution in [0.3, 0.4) is 0 Å². The molecule has 2 aliphatic rings. The normalized spacial score (nSPS) is 22.3. The van der Waals surface area contributed by atoms with Crippen molar-refractivity contribution >= 4 is 23.7 Å². The zero-order valence-electron chi connectivity index (χ0n) is 16.8. The van der Waals surface area contributed by atoms with E-state index >= 15 is 0 Å². The minimum atomic E-state index is -1.04. The molecular weight excluding hydrogens is 346 g/mol. The van der Waals surface area contributed by atoms with E-state index in [1.807, 2.05) is 26.2 Å². The number of urea groups is 1. The van der Waals surface area contributed by atoms with Crippen LogP contribution in [0.4, 0.5) is 15.3 Å². The molecule has 1 saturated heterocycles. The maximum atomic E-state index is 13.2. The summed E-state index contributed by atoms with van der Waals surface area (Å²) in [5.74, 6) is -0.495. The van der Waals surface area contributed by atoms with Gasteiger partial charge in [-0.25, -0.2) is 9.59 Å². The predicted molar refractivity (Wildman–Crippen MR) is 102 cm³/mol. The van der Waals surface area contributed by atoms with Crippen molar-refractivity contribution in [2.75, 3.05) is 26.0 Å². The highest BCUT2D eigenvalue weighted by molar-refractivity contribution is 6.17. The summed E-state index contributed by atoms with van der Waals surface area (Å²) in [5.41, 5.74) is 1.52. The number of carbonyl (C=O) groups is 3. The molecule has 0 N–H and O–H groups in total. The average molecular weight is 373 g/mol. The highest BCUT2D eigenvalue weighted by Crippen LogP contribution is 2.41.